The quantitative estimate of drug-likeness (QED) is 0.674. The number of hydrogen-bond acceptors (Lipinski definition) is 5. The Hall–Kier alpha value is -2.62. The molecule has 0 spiro atoms. The molecule has 0 saturated carbocycles. The van der Waals surface area contributed by atoms with E-state index < -0.39 is 21.9 Å². The Morgan fingerprint density at radius 1 is 0.903 bits per heavy atom. The van der Waals surface area contributed by atoms with E-state index in [1.54, 1.807) is 18.2 Å². The maximum atomic E-state index is 13.2. The van der Waals surface area contributed by atoms with Crippen molar-refractivity contribution in [3.8, 4) is 0 Å². The van der Waals surface area contributed by atoms with Gasteiger partial charge in [-0.3, -0.25) is 14.5 Å². The number of anilines is 1. The number of nitrogens with zero attached hydrogens (tertiary/aromatic N) is 3. The molecule has 4 rings (SSSR count). The first-order chi connectivity index (χ1) is 14.7. The standard InChI is InChI=1S/C22H24FN3O4S/c1-15-3-8-19(13-16(15)2)31(29,30)25-11-9-24(10-12-25)20-14-21(27)26(22(20)28)18-6-4-17(23)5-7-18/h3-8,13,20H,9-12,14H2,1-2H3/t20-/m0/s1. The van der Waals surface area contributed by atoms with Crippen molar-refractivity contribution in [1.29, 1.82) is 0 Å². The summed E-state index contributed by atoms with van der Waals surface area (Å²) >= 11 is 0. The highest BCUT2D eigenvalue weighted by Gasteiger charge is 2.44. The van der Waals surface area contributed by atoms with Gasteiger partial charge in [0.05, 0.1) is 23.0 Å². The number of carbonyl (C=O) groups is 2. The molecule has 164 valence electrons. The van der Waals surface area contributed by atoms with Crippen LogP contribution < -0.4 is 4.90 Å². The summed E-state index contributed by atoms with van der Waals surface area (Å²) in [6, 6.07) is 9.68. The minimum Gasteiger partial charge on any atom is -0.289 e. The third kappa shape index (κ3) is 4.00. The van der Waals surface area contributed by atoms with Crippen molar-refractivity contribution in [2.24, 2.45) is 0 Å². The van der Waals surface area contributed by atoms with E-state index in [9.17, 15) is 22.4 Å². The average molecular weight is 446 g/mol. The van der Waals surface area contributed by atoms with Crippen LogP contribution in [0.1, 0.15) is 17.5 Å². The van der Waals surface area contributed by atoms with Gasteiger partial charge >= 0.3 is 0 Å². The first kappa shape index (κ1) is 21.6. The van der Waals surface area contributed by atoms with E-state index in [0.717, 1.165) is 16.0 Å². The van der Waals surface area contributed by atoms with Crippen LogP contribution in [0, 0.1) is 19.7 Å². The zero-order chi connectivity index (χ0) is 22.3. The van der Waals surface area contributed by atoms with Gasteiger partial charge in [0.2, 0.25) is 15.9 Å². The smallest absolute Gasteiger partial charge is 0.251 e. The molecule has 0 bridgehead atoms. The van der Waals surface area contributed by atoms with Crippen LogP contribution in [-0.2, 0) is 19.6 Å². The predicted octanol–water partition coefficient (Wildman–Crippen LogP) is 2.08. The van der Waals surface area contributed by atoms with Crippen LogP contribution in [0.3, 0.4) is 0 Å². The summed E-state index contributed by atoms with van der Waals surface area (Å²) in [5.74, 6) is -1.14. The van der Waals surface area contributed by atoms with Crippen molar-refractivity contribution in [3.05, 3.63) is 59.4 Å². The second-order valence-electron chi connectivity index (χ2n) is 7.95. The van der Waals surface area contributed by atoms with E-state index in [2.05, 4.69) is 0 Å². The molecule has 31 heavy (non-hydrogen) atoms. The number of hydrogen-bond donors (Lipinski definition) is 0. The van der Waals surface area contributed by atoms with Gasteiger partial charge in [-0.05, 0) is 61.4 Å². The molecule has 0 radical (unpaired) electrons. The van der Waals surface area contributed by atoms with Crippen LogP contribution in [0.2, 0.25) is 0 Å². The fourth-order valence-corrected chi connectivity index (χ4v) is 5.55. The lowest BCUT2D eigenvalue weighted by Gasteiger charge is -2.36. The Bertz CT molecular complexity index is 1130. The summed E-state index contributed by atoms with van der Waals surface area (Å²) in [4.78, 5) is 28.6. The van der Waals surface area contributed by atoms with Gasteiger partial charge < -0.3 is 0 Å². The third-order valence-corrected chi connectivity index (χ3v) is 7.93. The number of carbonyl (C=O) groups excluding carboxylic acids is 2. The van der Waals surface area contributed by atoms with Gasteiger partial charge in [-0.25, -0.2) is 17.7 Å². The number of halogens is 1. The summed E-state index contributed by atoms with van der Waals surface area (Å²) in [7, 11) is -3.62. The Morgan fingerprint density at radius 3 is 2.16 bits per heavy atom. The summed E-state index contributed by atoms with van der Waals surface area (Å²) in [6.07, 6.45) is 0.0279. The highest BCUT2D eigenvalue weighted by Crippen LogP contribution is 2.27. The van der Waals surface area contributed by atoms with Gasteiger partial charge in [-0.1, -0.05) is 6.07 Å². The van der Waals surface area contributed by atoms with Gasteiger partial charge in [0.1, 0.15) is 5.82 Å². The second kappa shape index (κ2) is 8.14. The molecular formula is C22H24FN3O4S. The van der Waals surface area contributed by atoms with Crippen LogP contribution >= 0.6 is 0 Å². The van der Waals surface area contributed by atoms with E-state index in [-0.39, 0.29) is 36.2 Å². The zero-order valence-electron chi connectivity index (χ0n) is 17.4. The Kier molecular flexibility index (Phi) is 5.67. The van der Waals surface area contributed by atoms with Crippen LogP contribution in [0.4, 0.5) is 10.1 Å². The van der Waals surface area contributed by atoms with Crippen LogP contribution in [0.25, 0.3) is 0 Å². The molecule has 2 amide bonds. The fourth-order valence-electron chi connectivity index (χ4n) is 4.04. The summed E-state index contributed by atoms with van der Waals surface area (Å²) in [6.45, 7) is 4.99. The second-order valence-corrected chi connectivity index (χ2v) is 9.89. The SMILES string of the molecule is Cc1ccc(S(=O)(=O)N2CCN([C@H]3CC(=O)N(c4ccc(F)cc4)C3=O)CC2)cc1C. The molecule has 2 aliphatic rings. The van der Waals surface area contributed by atoms with E-state index >= 15 is 0 Å². The molecule has 2 saturated heterocycles. The first-order valence-electron chi connectivity index (χ1n) is 10.1. The van der Waals surface area contributed by atoms with Crippen molar-refractivity contribution in [3.63, 3.8) is 0 Å². The van der Waals surface area contributed by atoms with E-state index in [1.165, 1.54) is 28.6 Å². The van der Waals surface area contributed by atoms with Gasteiger partial charge in [-0.15, -0.1) is 0 Å². The Balaban J connectivity index is 1.45. The first-order valence-corrected chi connectivity index (χ1v) is 11.6. The van der Waals surface area contributed by atoms with Gasteiger partial charge in [0, 0.05) is 26.2 Å². The zero-order valence-corrected chi connectivity index (χ0v) is 18.2. The van der Waals surface area contributed by atoms with Gasteiger partial charge in [-0.2, -0.15) is 4.31 Å². The Morgan fingerprint density at radius 2 is 1.55 bits per heavy atom. The largest absolute Gasteiger partial charge is 0.289 e. The lowest BCUT2D eigenvalue weighted by atomic mass is 10.1. The van der Waals surface area contributed by atoms with Crippen molar-refractivity contribution in [2.75, 3.05) is 31.1 Å². The average Bonchev–Trinajstić information content (AvgIpc) is 3.05. The van der Waals surface area contributed by atoms with Gasteiger partial charge in [0.25, 0.3) is 5.91 Å². The maximum Gasteiger partial charge on any atom is 0.251 e. The molecular weight excluding hydrogens is 421 g/mol. The molecule has 0 aliphatic carbocycles. The lowest BCUT2D eigenvalue weighted by Crippen LogP contribution is -2.53. The summed E-state index contributed by atoms with van der Waals surface area (Å²) in [5.41, 5.74) is 2.28. The molecule has 2 aliphatic heterocycles. The van der Waals surface area contributed by atoms with Crippen LogP contribution in [0.15, 0.2) is 47.4 Å². The lowest BCUT2D eigenvalue weighted by molar-refractivity contribution is -0.123. The summed E-state index contributed by atoms with van der Waals surface area (Å²) in [5, 5.41) is 0. The number of rotatable bonds is 4. The minimum absolute atomic E-state index is 0.0279. The monoisotopic (exact) mass is 445 g/mol. The molecule has 1 atom stereocenters. The highest BCUT2D eigenvalue weighted by atomic mass is 32.2. The van der Waals surface area contributed by atoms with Crippen molar-refractivity contribution >= 4 is 27.5 Å². The molecule has 0 unspecified atom stereocenters. The van der Waals surface area contributed by atoms with E-state index in [1.807, 2.05) is 18.7 Å². The van der Waals surface area contributed by atoms with Crippen molar-refractivity contribution in [2.45, 2.75) is 31.2 Å². The molecule has 2 aromatic carbocycles. The predicted molar refractivity (Wildman–Crippen MR) is 114 cm³/mol. The molecule has 2 fully saturated rings. The van der Waals surface area contributed by atoms with Crippen LogP contribution in [-0.4, -0.2) is 61.7 Å². The van der Waals surface area contributed by atoms with Gasteiger partial charge in [0.15, 0.2) is 0 Å². The van der Waals surface area contributed by atoms with Crippen molar-refractivity contribution < 1.29 is 22.4 Å². The molecule has 2 heterocycles. The number of imide groups is 1. The number of sulfonamides is 1. The maximum absolute atomic E-state index is 13.2. The molecule has 7 nitrogen and oxygen atoms in total. The third-order valence-electron chi connectivity index (χ3n) is 6.04. The Labute approximate surface area is 181 Å². The normalized spacial score (nSPS) is 21.1. The number of benzene rings is 2. The summed E-state index contributed by atoms with van der Waals surface area (Å²) < 4.78 is 40.6. The topological polar surface area (TPSA) is 78.0 Å². The molecule has 0 aromatic heterocycles. The van der Waals surface area contributed by atoms with Crippen molar-refractivity contribution in [1.82, 2.24) is 9.21 Å². The molecule has 0 N–H and O–H groups in total. The highest BCUT2D eigenvalue weighted by molar-refractivity contribution is 7.89. The molecule has 9 heteroatoms. The fraction of sp³-hybridized carbons (Fsp3) is 0.364. The number of aryl methyl sites for hydroxylation is 2. The number of piperazine rings is 1. The van der Waals surface area contributed by atoms with Crippen LogP contribution in [0.5, 0.6) is 0 Å². The minimum atomic E-state index is -3.62. The molecule has 2 aromatic rings. The van der Waals surface area contributed by atoms with E-state index in [0.29, 0.717) is 18.8 Å². The van der Waals surface area contributed by atoms with E-state index in [4.69, 9.17) is 0 Å². The number of amides is 2.